The summed E-state index contributed by atoms with van der Waals surface area (Å²) in [5.41, 5.74) is 9.34. The average Bonchev–Trinajstić information content (AvgIpc) is 2.85. The number of benzene rings is 2. The summed E-state index contributed by atoms with van der Waals surface area (Å²) in [5, 5.41) is 16.3. The molecule has 1 aliphatic rings. The molecule has 1 saturated heterocycles. The topological polar surface area (TPSA) is 104 Å². The molecule has 6 nitrogen and oxygen atoms in total. The lowest BCUT2D eigenvalue weighted by Crippen LogP contribution is -2.44. The summed E-state index contributed by atoms with van der Waals surface area (Å²) >= 11 is 0. The first-order valence-electron chi connectivity index (χ1n) is 11.6. The van der Waals surface area contributed by atoms with Crippen LogP contribution in [0.25, 0.3) is 11.3 Å². The van der Waals surface area contributed by atoms with Crippen LogP contribution < -0.4 is 16.4 Å². The zero-order valence-electron chi connectivity index (χ0n) is 18.9. The second-order valence-corrected chi connectivity index (χ2v) is 8.53. The van der Waals surface area contributed by atoms with Crippen LogP contribution >= 0.6 is 0 Å². The summed E-state index contributed by atoms with van der Waals surface area (Å²) in [5.74, 6) is -0.661. The molecular formula is C27H28FN5O. The van der Waals surface area contributed by atoms with E-state index in [2.05, 4.69) is 16.7 Å². The van der Waals surface area contributed by atoms with Crippen molar-refractivity contribution >= 4 is 11.7 Å². The van der Waals surface area contributed by atoms with Crippen molar-refractivity contribution in [1.82, 2.24) is 10.3 Å². The first kappa shape index (κ1) is 23.4. The quantitative estimate of drug-likeness (QED) is 0.472. The number of halogens is 1. The van der Waals surface area contributed by atoms with Crippen molar-refractivity contribution in [3.05, 3.63) is 83.2 Å². The first-order chi connectivity index (χ1) is 16.6. The molecule has 174 valence electrons. The average molecular weight is 458 g/mol. The van der Waals surface area contributed by atoms with E-state index in [0.717, 1.165) is 42.5 Å². The zero-order valence-corrected chi connectivity index (χ0v) is 18.9. The van der Waals surface area contributed by atoms with Gasteiger partial charge in [0.25, 0.3) is 0 Å². The third kappa shape index (κ3) is 5.41. The molecule has 4 N–H and O–H groups in total. The molecule has 7 heteroatoms. The van der Waals surface area contributed by atoms with Crippen molar-refractivity contribution in [2.75, 3.05) is 18.4 Å². The van der Waals surface area contributed by atoms with Crippen LogP contribution in [0.5, 0.6) is 0 Å². The van der Waals surface area contributed by atoms with Crippen molar-refractivity contribution in [2.45, 2.75) is 37.6 Å². The number of carbonyl (C=O) groups excluding carboxylic acids is 1. The molecule has 2 atom stereocenters. The molecule has 1 aliphatic heterocycles. The minimum atomic E-state index is -0.537. The van der Waals surface area contributed by atoms with Crippen LogP contribution in [-0.4, -0.2) is 30.0 Å². The molecule has 2 unspecified atom stereocenters. The van der Waals surface area contributed by atoms with Gasteiger partial charge >= 0.3 is 0 Å². The van der Waals surface area contributed by atoms with E-state index in [1.165, 1.54) is 12.1 Å². The van der Waals surface area contributed by atoms with E-state index in [4.69, 9.17) is 10.7 Å². The van der Waals surface area contributed by atoms with E-state index in [0.29, 0.717) is 30.0 Å². The second-order valence-electron chi connectivity index (χ2n) is 8.53. The van der Waals surface area contributed by atoms with Gasteiger partial charge in [-0.2, -0.15) is 5.26 Å². The van der Waals surface area contributed by atoms with Crippen LogP contribution in [0.1, 0.15) is 41.9 Å². The summed E-state index contributed by atoms with van der Waals surface area (Å²) in [6.07, 6.45) is 3.55. The van der Waals surface area contributed by atoms with Gasteiger partial charge in [-0.3, -0.25) is 4.79 Å². The van der Waals surface area contributed by atoms with Crippen molar-refractivity contribution < 1.29 is 9.18 Å². The number of rotatable bonds is 8. The third-order valence-electron chi connectivity index (χ3n) is 6.24. The molecule has 34 heavy (non-hydrogen) atoms. The van der Waals surface area contributed by atoms with Crippen molar-refractivity contribution in [1.29, 1.82) is 5.26 Å². The Labute approximate surface area is 199 Å². The zero-order chi connectivity index (χ0) is 23.9. The maximum atomic E-state index is 13.6. The van der Waals surface area contributed by atoms with Gasteiger partial charge in [-0.25, -0.2) is 9.37 Å². The molecule has 0 radical (unpaired) electrons. The van der Waals surface area contributed by atoms with Crippen LogP contribution in [0.2, 0.25) is 0 Å². The van der Waals surface area contributed by atoms with Crippen LogP contribution in [0.15, 0.2) is 60.7 Å². The fourth-order valence-electron chi connectivity index (χ4n) is 4.57. The number of primary amides is 1. The van der Waals surface area contributed by atoms with E-state index in [1.54, 1.807) is 12.1 Å². The predicted molar refractivity (Wildman–Crippen MR) is 131 cm³/mol. The normalized spacial score (nSPS) is 16.4. The van der Waals surface area contributed by atoms with Gasteiger partial charge in [0.1, 0.15) is 11.6 Å². The highest BCUT2D eigenvalue weighted by molar-refractivity contribution is 5.85. The van der Waals surface area contributed by atoms with E-state index in [9.17, 15) is 14.4 Å². The fourth-order valence-corrected chi connectivity index (χ4v) is 4.57. The molecule has 0 aliphatic carbocycles. The van der Waals surface area contributed by atoms with Crippen molar-refractivity contribution in [3.63, 3.8) is 0 Å². The van der Waals surface area contributed by atoms with Gasteiger partial charge < -0.3 is 16.4 Å². The Kier molecular flexibility index (Phi) is 7.51. The Balaban J connectivity index is 1.69. The van der Waals surface area contributed by atoms with Crippen molar-refractivity contribution in [2.24, 2.45) is 5.73 Å². The van der Waals surface area contributed by atoms with Gasteiger partial charge in [0, 0.05) is 23.7 Å². The number of nitrogens with zero attached hydrogens (tertiary/aromatic N) is 2. The smallest absolute Gasteiger partial charge is 0.226 e. The Morgan fingerprint density at radius 3 is 2.79 bits per heavy atom. The molecule has 0 bridgehead atoms. The molecule has 4 rings (SSSR count). The molecule has 2 aromatic carbocycles. The number of nitrogens with two attached hydrogens (primary N) is 1. The van der Waals surface area contributed by atoms with Gasteiger partial charge in [0.05, 0.1) is 23.2 Å². The molecule has 2 heterocycles. The minimum Gasteiger partial charge on any atom is -0.369 e. The lowest BCUT2D eigenvalue weighted by Gasteiger charge is -2.30. The number of hydrogen-bond acceptors (Lipinski definition) is 5. The van der Waals surface area contributed by atoms with Gasteiger partial charge in [0.2, 0.25) is 5.91 Å². The van der Waals surface area contributed by atoms with Gasteiger partial charge in [-0.1, -0.05) is 42.8 Å². The number of aromatic nitrogens is 1. The molecule has 3 aromatic rings. The standard InChI is InChI=1S/C27H28FN5O/c28-20-8-5-6-18(16-20)13-15-32-27-22(25(26(30)34)24-10-3-4-14-31-24)11-12-23(33-27)21-9-2-1-7-19(21)17-29/h1-2,5-9,11-12,16,24-25,31H,3-4,10,13-15H2,(H2,30,34)(H,32,33). The van der Waals surface area contributed by atoms with E-state index >= 15 is 0 Å². The lowest BCUT2D eigenvalue weighted by atomic mass is 9.85. The monoisotopic (exact) mass is 457 g/mol. The first-order valence-corrected chi connectivity index (χ1v) is 11.6. The molecule has 0 saturated carbocycles. The number of hydrogen-bond donors (Lipinski definition) is 3. The Bertz CT molecular complexity index is 1200. The molecular weight excluding hydrogens is 429 g/mol. The number of piperidine rings is 1. The third-order valence-corrected chi connectivity index (χ3v) is 6.24. The number of carbonyl (C=O) groups is 1. The fraction of sp³-hybridized carbons (Fsp3) is 0.296. The van der Waals surface area contributed by atoms with Gasteiger partial charge in [0.15, 0.2) is 0 Å². The van der Waals surface area contributed by atoms with Crippen LogP contribution in [0.3, 0.4) is 0 Å². The van der Waals surface area contributed by atoms with E-state index < -0.39 is 11.8 Å². The largest absolute Gasteiger partial charge is 0.369 e. The number of nitriles is 1. The molecule has 1 amide bonds. The molecule has 1 aromatic heterocycles. The minimum absolute atomic E-state index is 0.0611. The maximum Gasteiger partial charge on any atom is 0.226 e. The summed E-state index contributed by atoms with van der Waals surface area (Å²) in [6, 6.07) is 19.6. The highest BCUT2D eigenvalue weighted by atomic mass is 19.1. The second kappa shape index (κ2) is 10.9. The van der Waals surface area contributed by atoms with E-state index in [-0.39, 0.29) is 11.9 Å². The van der Waals surface area contributed by atoms with E-state index in [1.807, 2.05) is 36.4 Å². The Morgan fingerprint density at radius 1 is 1.21 bits per heavy atom. The van der Waals surface area contributed by atoms with Gasteiger partial charge in [-0.15, -0.1) is 0 Å². The predicted octanol–water partition coefficient (Wildman–Crippen LogP) is 4.12. The van der Waals surface area contributed by atoms with Crippen LogP contribution in [-0.2, 0) is 11.2 Å². The SMILES string of the molecule is N#Cc1ccccc1-c1ccc(C(C(N)=O)C2CCCCN2)c(NCCc2cccc(F)c2)n1. The summed E-state index contributed by atoms with van der Waals surface area (Å²) in [4.78, 5) is 17.4. The summed E-state index contributed by atoms with van der Waals surface area (Å²) < 4.78 is 13.6. The summed E-state index contributed by atoms with van der Waals surface area (Å²) in [7, 11) is 0. The van der Waals surface area contributed by atoms with Crippen molar-refractivity contribution in [3.8, 4) is 17.3 Å². The summed E-state index contributed by atoms with van der Waals surface area (Å²) in [6.45, 7) is 1.34. The molecule has 0 spiro atoms. The Hall–Kier alpha value is -3.76. The highest BCUT2D eigenvalue weighted by Crippen LogP contribution is 2.32. The van der Waals surface area contributed by atoms with Gasteiger partial charge in [-0.05, 0) is 55.6 Å². The number of anilines is 1. The molecule has 1 fully saturated rings. The Morgan fingerprint density at radius 2 is 2.06 bits per heavy atom. The lowest BCUT2D eigenvalue weighted by molar-refractivity contribution is -0.120. The highest BCUT2D eigenvalue weighted by Gasteiger charge is 2.32. The maximum absolute atomic E-state index is 13.6. The number of pyridine rings is 1. The van der Waals surface area contributed by atoms with Crippen LogP contribution in [0.4, 0.5) is 10.2 Å². The van der Waals surface area contributed by atoms with Crippen LogP contribution in [0, 0.1) is 17.1 Å². The number of nitrogens with one attached hydrogen (secondary N) is 2. The number of amides is 1.